The molecule has 0 saturated heterocycles. The van der Waals surface area contributed by atoms with Crippen molar-refractivity contribution in [3.8, 4) is 0 Å². The van der Waals surface area contributed by atoms with Gasteiger partial charge in [0, 0.05) is 12.7 Å². The smallest absolute Gasteiger partial charge is 0.242 e. The molecule has 0 bridgehead atoms. The monoisotopic (exact) mass is 162 g/mol. The summed E-state index contributed by atoms with van der Waals surface area (Å²) in [6.45, 7) is 2.00. The van der Waals surface area contributed by atoms with Gasteiger partial charge in [0.25, 0.3) is 0 Å². The summed E-state index contributed by atoms with van der Waals surface area (Å²) in [6, 6.07) is 5.90. The van der Waals surface area contributed by atoms with E-state index >= 15 is 0 Å². The lowest BCUT2D eigenvalue weighted by Gasteiger charge is -1.93. The molecule has 0 fully saturated rings. The molecule has 0 atom stereocenters. The maximum Gasteiger partial charge on any atom is 0.242 e. The SMILES string of the molecule is CNc1nc2cccc(C)n2n1. The van der Waals surface area contributed by atoms with Crippen LogP contribution >= 0.6 is 0 Å². The second kappa shape index (κ2) is 2.48. The highest BCUT2D eigenvalue weighted by Crippen LogP contribution is 2.06. The van der Waals surface area contributed by atoms with Gasteiger partial charge < -0.3 is 5.32 Å². The molecule has 0 aliphatic carbocycles. The number of fused-ring (bicyclic) bond motifs is 1. The highest BCUT2D eigenvalue weighted by molar-refractivity contribution is 5.43. The fraction of sp³-hybridized carbons (Fsp3) is 0.250. The van der Waals surface area contributed by atoms with Crippen LogP contribution in [0.5, 0.6) is 0 Å². The summed E-state index contributed by atoms with van der Waals surface area (Å²) in [5.41, 5.74) is 1.96. The molecule has 0 unspecified atom stereocenters. The largest absolute Gasteiger partial charge is 0.356 e. The number of nitrogens with one attached hydrogen (secondary N) is 1. The summed E-state index contributed by atoms with van der Waals surface area (Å²) in [7, 11) is 1.81. The van der Waals surface area contributed by atoms with Gasteiger partial charge in [-0.3, -0.25) is 0 Å². The molecule has 0 aromatic carbocycles. The second-order valence-electron chi connectivity index (χ2n) is 2.62. The lowest BCUT2D eigenvalue weighted by atomic mass is 10.4. The van der Waals surface area contributed by atoms with Crippen molar-refractivity contribution in [2.75, 3.05) is 12.4 Å². The van der Waals surface area contributed by atoms with Crippen LogP contribution < -0.4 is 5.32 Å². The van der Waals surface area contributed by atoms with Crippen molar-refractivity contribution in [1.29, 1.82) is 0 Å². The number of rotatable bonds is 1. The Kier molecular flexibility index (Phi) is 1.46. The van der Waals surface area contributed by atoms with Gasteiger partial charge in [-0.05, 0) is 19.1 Å². The van der Waals surface area contributed by atoms with Crippen LogP contribution in [-0.4, -0.2) is 21.6 Å². The van der Waals surface area contributed by atoms with Crippen LogP contribution in [0.3, 0.4) is 0 Å². The number of hydrogen-bond acceptors (Lipinski definition) is 3. The van der Waals surface area contributed by atoms with Gasteiger partial charge in [-0.1, -0.05) is 6.07 Å². The molecule has 0 amide bonds. The average Bonchev–Trinajstić information content (AvgIpc) is 2.49. The summed E-state index contributed by atoms with van der Waals surface area (Å²) in [6.07, 6.45) is 0. The molecule has 62 valence electrons. The molecule has 2 rings (SSSR count). The Morgan fingerprint density at radius 1 is 1.42 bits per heavy atom. The average molecular weight is 162 g/mol. The number of aromatic nitrogens is 3. The van der Waals surface area contributed by atoms with Crippen molar-refractivity contribution in [3.05, 3.63) is 23.9 Å². The summed E-state index contributed by atoms with van der Waals surface area (Å²) < 4.78 is 1.81. The van der Waals surface area contributed by atoms with Crippen molar-refractivity contribution in [1.82, 2.24) is 14.6 Å². The number of nitrogens with zero attached hydrogens (tertiary/aromatic N) is 3. The van der Waals surface area contributed by atoms with E-state index in [4.69, 9.17) is 0 Å². The Balaban J connectivity index is 2.74. The van der Waals surface area contributed by atoms with Gasteiger partial charge in [0.15, 0.2) is 5.65 Å². The molecule has 12 heavy (non-hydrogen) atoms. The van der Waals surface area contributed by atoms with Crippen molar-refractivity contribution < 1.29 is 0 Å². The predicted molar refractivity (Wildman–Crippen MR) is 47.3 cm³/mol. The van der Waals surface area contributed by atoms with Crippen molar-refractivity contribution >= 4 is 11.6 Å². The van der Waals surface area contributed by atoms with E-state index in [9.17, 15) is 0 Å². The summed E-state index contributed by atoms with van der Waals surface area (Å²) in [4.78, 5) is 4.23. The molecule has 2 heterocycles. The summed E-state index contributed by atoms with van der Waals surface area (Å²) in [5.74, 6) is 0.657. The molecule has 0 aliphatic heterocycles. The zero-order valence-electron chi connectivity index (χ0n) is 7.07. The fourth-order valence-electron chi connectivity index (χ4n) is 1.14. The van der Waals surface area contributed by atoms with Crippen molar-refractivity contribution in [2.45, 2.75) is 6.92 Å². The normalized spacial score (nSPS) is 10.5. The number of hydrogen-bond donors (Lipinski definition) is 1. The Morgan fingerprint density at radius 2 is 2.25 bits per heavy atom. The molecular formula is C8H10N4. The van der Waals surface area contributed by atoms with Gasteiger partial charge in [-0.15, -0.1) is 5.10 Å². The molecule has 0 spiro atoms. The van der Waals surface area contributed by atoms with E-state index in [0.29, 0.717) is 5.95 Å². The van der Waals surface area contributed by atoms with Crippen LogP contribution in [0.1, 0.15) is 5.69 Å². The van der Waals surface area contributed by atoms with E-state index in [2.05, 4.69) is 15.4 Å². The first-order valence-electron chi connectivity index (χ1n) is 3.81. The Morgan fingerprint density at radius 3 is 2.92 bits per heavy atom. The van der Waals surface area contributed by atoms with Gasteiger partial charge in [0.1, 0.15) is 0 Å². The van der Waals surface area contributed by atoms with E-state index in [1.165, 1.54) is 0 Å². The van der Waals surface area contributed by atoms with Gasteiger partial charge in [0.2, 0.25) is 5.95 Å². The van der Waals surface area contributed by atoms with Crippen LogP contribution in [-0.2, 0) is 0 Å². The number of pyridine rings is 1. The van der Waals surface area contributed by atoms with Crippen molar-refractivity contribution in [3.63, 3.8) is 0 Å². The third-order valence-electron chi connectivity index (χ3n) is 1.77. The Bertz CT molecular complexity index is 404. The number of aryl methyl sites for hydroxylation is 1. The minimum Gasteiger partial charge on any atom is -0.356 e. The molecule has 2 aromatic heterocycles. The third-order valence-corrected chi connectivity index (χ3v) is 1.77. The van der Waals surface area contributed by atoms with Gasteiger partial charge in [-0.25, -0.2) is 4.52 Å². The molecule has 2 aromatic rings. The number of anilines is 1. The van der Waals surface area contributed by atoms with Crippen LogP contribution in [0.15, 0.2) is 18.2 Å². The maximum absolute atomic E-state index is 4.23. The molecular weight excluding hydrogens is 152 g/mol. The van der Waals surface area contributed by atoms with E-state index in [-0.39, 0.29) is 0 Å². The van der Waals surface area contributed by atoms with Crippen LogP contribution in [0.25, 0.3) is 5.65 Å². The van der Waals surface area contributed by atoms with E-state index < -0.39 is 0 Å². The van der Waals surface area contributed by atoms with Crippen LogP contribution in [0.2, 0.25) is 0 Å². The van der Waals surface area contributed by atoms with E-state index in [1.54, 1.807) is 0 Å². The first-order valence-corrected chi connectivity index (χ1v) is 3.81. The first kappa shape index (κ1) is 7.09. The molecule has 0 saturated carbocycles. The zero-order valence-corrected chi connectivity index (χ0v) is 7.07. The molecule has 0 radical (unpaired) electrons. The van der Waals surface area contributed by atoms with Gasteiger partial charge in [0.05, 0.1) is 0 Å². The Hall–Kier alpha value is -1.58. The zero-order chi connectivity index (χ0) is 8.55. The highest BCUT2D eigenvalue weighted by atomic mass is 15.3. The van der Waals surface area contributed by atoms with Gasteiger partial charge >= 0.3 is 0 Å². The lowest BCUT2D eigenvalue weighted by molar-refractivity contribution is 0.917. The molecule has 4 heteroatoms. The quantitative estimate of drug-likeness (QED) is 0.682. The minimum atomic E-state index is 0.657. The third kappa shape index (κ3) is 0.922. The fourth-order valence-corrected chi connectivity index (χ4v) is 1.14. The summed E-state index contributed by atoms with van der Waals surface area (Å²) in [5, 5.41) is 7.13. The first-order chi connectivity index (χ1) is 5.81. The summed E-state index contributed by atoms with van der Waals surface area (Å²) >= 11 is 0. The standard InChI is InChI=1S/C8H10N4/c1-6-4-3-5-7-10-8(9-2)11-12(6)7/h3-5H,1-2H3,(H,9,11). The molecule has 0 aliphatic rings. The maximum atomic E-state index is 4.23. The van der Waals surface area contributed by atoms with Crippen LogP contribution in [0.4, 0.5) is 5.95 Å². The highest BCUT2D eigenvalue weighted by Gasteiger charge is 2.01. The minimum absolute atomic E-state index is 0.657. The second-order valence-corrected chi connectivity index (χ2v) is 2.62. The topological polar surface area (TPSA) is 42.2 Å². The van der Waals surface area contributed by atoms with E-state index in [1.807, 2.05) is 36.7 Å². The molecule has 1 N–H and O–H groups in total. The predicted octanol–water partition coefficient (Wildman–Crippen LogP) is 1.08. The Labute approximate surface area is 70.2 Å². The van der Waals surface area contributed by atoms with Gasteiger partial charge in [-0.2, -0.15) is 4.98 Å². The van der Waals surface area contributed by atoms with Crippen LogP contribution in [0, 0.1) is 6.92 Å². The molecule has 4 nitrogen and oxygen atoms in total. The van der Waals surface area contributed by atoms with Crippen molar-refractivity contribution in [2.24, 2.45) is 0 Å². The van der Waals surface area contributed by atoms with E-state index in [0.717, 1.165) is 11.3 Å². The lowest BCUT2D eigenvalue weighted by Crippen LogP contribution is -1.93.